The molecule has 0 fully saturated rings. The second-order valence-corrected chi connectivity index (χ2v) is 3.83. The summed E-state index contributed by atoms with van der Waals surface area (Å²) in [4.78, 5) is 27.1. The zero-order valence-electron chi connectivity index (χ0n) is 9.25. The van der Waals surface area contributed by atoms with Crippen LogP contribution >= 0.6 is 0 Å². The number of nitrogens with zero attached hydrogens (tertiary/aromatic N) is 3. The topological polar surface area (TPSA) is 96.4 Å². The molecule has 0 saturated heterocycles. The maximum atomic E-state index is 11.6. The first kappa shape index (κ1) is 10.5. The van der Waals surface area contributed by atoms with Crippen LogP contribution in [0, 0.1) is 0 Å². The van der Waals surface area contributed by atoms with Crippen LogP contribution in [-0.4, -0.2) is 25.0 Å². The smallest absolute Gasteiger partial charge is 0.314 e. The van der Waals surface area contributed by atoms with Gasteiger partial charge in [0.1, 0.15) is 5.52 Å². The molecule has 3 rings (SSSR count). The molecule has 2 aromatic heterocycles. The van der Waals surface area contributed by atoms with E-state index in [2.05, 4.69) is 20.3 Å². The molecule has 0 saturated carbocycles. The highest BCUT2D eigenvalue weighted by Gasteiger charge is 2.06. The third-order valence-corrected chi connectivity index (χ3v) is 2.64. The van der Waals surface area contributed by atoms with Crippen molar-refractivity contribution in [1.29, 1.82) is 0 Å². The van der Waals surface area contributed by atoms with Crippen LogP contribution in [0.4, 0.5) is 0 Å². The van der Waals surface area contributed by atoms with Gasteiger partial charge in [-0.3, -0.25) is 9.78 Å². The van der Waals surface area contributed by atoms with Crippen molar-refractivity contribution < 1.29 is 0 Å². The number of hydrogen-bond donors (Lipinski definition) is 2. The molecule has 1 aromatic carbocycles. The lowest BCUT2D eigenvalue weighted by molar-refractivity contribution is 0.661. The van der Waals surface area contributed by atoms with Crippen molar-refractivity contribution in [3.63, 3.8) is 0 Å². The first-order valence-electron chi connectivity index (χ1n) is 5.33. The monoisotopic (exact) mass is 243 g/mol. The minimum absolute atomic E-state index is 0.257. The molecule has 7 nitrogen and oxygen atoms in total. The van der Waals surface area contributed by atoms with Gasteiger partial charge in [-0.15, -0.1) is 5.10 Å². The number of benzene rings is 1. The Morgan fingerprint density at radius 1 is 1.22 bits per heavy atom. The molecular weight excluding hydrogens is 234 g/mol. The second kappa shape index (κ2) is 3.95. The van der Waals surface area contributed by atoms with E-state index in [1.807, 2.05) is 24.3 Å². The number of fused-ring (bicyclic) bond motifs is 1. The number of nitrogens with one attached hydrogen (secondary N) is 2. The van der Waals surface area contributed by atoms with E-state index >= 15 is 0 Å². The molecule has 0 amide bonds. The highest BCUT2D eigenvalue weighted by atomic mass is 16.2. The molecule has 7 heteroatoms. The maximum Gasteiger partial charge on any atom is 0.325 e. The lowest BCUT2D eigenvalue weighted by atomic mass is 10.3. The Morgan fingerprint density at radius 3 is 2.89 bits per heavy atom. The third kappa shape index (κ3) is 1.71. The summed E-state index contributed by atoms with van der Waals surface area (Å²) in [5.41, 5.74) is 1.08. The summed E-state index contributed by atoms with van der Waals surface area (Å²) in [7, 11) is 0. The first-order chi connectivity index (χ1) is 8.74. The number of hydrogen-bond acceptors (Lipinski definition) is 4. The van der Waals surface area contributed by atoms with E-state index in [9.17, 15) is 9.59 Å². The van der Waals surface area contributed by atoms with Gasteiger partial charge in [-0.2, -0.15) is 0 Å². The first-order valence-corrected chi connectivity index (χ1v) is 5.33. The maximum absolute atomic E-state index is 11.6. The summed E-state index contributed by atoms with van der Waals surface area (Å²) < 4.78 is 1.61. The van der Waals surface area contributed by atoms with Crippen molar-refractivity contribution >= 4 is 11.0 Å². The van der Waals surface area contributed by atoms with Crippen LogP contribution < -0.4 is 11.2 Å². The molecule has 0 radical (unpaired) electrons. The van der Waals surface area contributed by atoms with E-state index < -0.39 is 11.2 Å². The molecule has 3 aromatic rings. The summed E-state index contributed by atoms with van der Waals surface area (Å²) in [5, 5.41) is 7.97. The van der Waals surface area contributed by atoms with Gasteiger partial charge in [0.05, 0.1) is 17.6 Å². The van der Waals surface area contributed by atoms with E-state index in [-0.39, 0.29) is 6.54 Å². The van der Waals surface area contributed by atoms with Crippen molar-refractivity contribution in [2.45, 2.75) is 6.54 Å². The van der Waals surface area contributed by atoms with Gasteiger partial charge in [-0.1, -0.05) is 17.3 Å². The van der Waals surface area contributed by atoms with Crippen LogP contribution in [-0.2, 0) is 6.54 Å². The molecule has 18 heavy (non-hydrogen) atoms. The fourth-order valence-electron chi connectivity index (χ4n) is 1.75. The number of aromatic amines is 2. The molecule has 0 unspecified atom stereocenters. The van der Waals surface area contributed by atoms with Crippen molar-refractivity contribution in [2.75, 3.05) is 0 Å². The molecule has 0 bridgehead atoms. The summed E-state index contributed by atoms with van der Waals surface area (Å²) in [5.74, 6) is 0. The molecule has 2 heterocycles. The molecule has 0 aliphatic carbocycles. The highest BCUT2D eigenvalue weighted by molar-refractivity contribution is 5.73. The lowest BCUT2D eigenvalue weighted by Crippen LogP contribution is -2.25. The lowest BCUT2D eigenvalue weighted by Gasteiger charge is -2.00. The van der Waals surface area contributed by atoms with Crippen LogP contribution in [0.15, 0.2) is 40.1 Å². The SMILES string of the molecule is O=c1[nH]cc(Cn2nnc3ccccc32)c(=O)[nH]1. The summed E-state index contributed by atoms with van der Waals surface area (Å²) in [6.07, 6.45) is 1.39. The van der Waals surface area contributed by atoms with Crippen molar-refractivity contribution in [3.8, 4) is 0 Å². The Kier molecular flexibility index (Phi) is 2.30. The van der Waals surface area contributed by atoms with Gasteiger partial charge in [-0.25, -0.2) is 9.48 Å². The van der Waals surface area contributed by atoms with E-state index in [0.717, 1.165) is 11.0 Å². The normalized spacial score (nSPS) is 10.9. The number of aromatic nitrogens is 5. The molecule has 0 aliphatic rings. The van der Waals surface area contributed by atoms with Crippen LogP contribution in [0.1, 0.15) is 5.56 Å². The zero-order chi connectivity index (χ0) is 12.5. The van der Waals surface area contributed by atoms with E-state index in [1.165, 1.54) is 6.20 Å². The molecule has 0 spiro atoms. The predicted octanol–water partition coefficient (Wildman–Crippen LogP) is -0.144. The van der Waals surface area contributed by atoms with Crippen LogP contribution in [0.5, 0.6) is 0 Å². The molecule has 2 N–H and O–H groups in total. The molecular formula is C11H9N5O2. The third-order valence-electron chi connectivity index (χ3n) is 2.64. The van der Waals surface area contributed by atoms with Gasteiger partial charge in [0.15, 0.2) is 0 Å². The van der Waals surface area contributed by atoms with Crippen molar-refractivity contribution in [2.24, 2.45) is 0 Å². The Hall–Kier alpha value is -2.70. The summed E-state index contributed by atoms with van der Waals surface area (Å²) in [6, 6.07) is 7.46. The number of H-pyrrole nitrogens is 2. The largest absolute Gasteiger partial charge is 0.325 e. The Morgan fingerprint density at radius 2 is 2.06 bits per heavy atom. The van der Waals surface area contributed by atoms with Gasteiger partial charge in [-0.05, 0) is 12.1 Å². The Balaban J connectivity index is 2.07. The van der Waals surface area contributed by atoms with Gasteiger partial charge in [0.25, 0.3) is 5.56 Å². The van der Waals surface area contributed by atoms with Gasteiger partial charge < -0.3 is 4.98 Å². The van der Waals surface area contributed by atoms with E-state index in [4.69, 9.17) is 0 Å². The van der Waals surface area contributed by atoms with Gasteiger partial charge >= 0.3 is 5.69 Å². The molecule has 0 atom stereocenters. The van der Waals surface area contributed by atoms with Crippen LogP contribution in [0.3, 0.4) is 0 Å². The van der Waals surface area contributed by atoms with E-state index in [1.54, 1.807) is 4.68 Å². The fourth-order valence-corrected chi connectivity index (χ4v) is 1.75. The number of para-hydroxylation sites is 1. The minimum atomic E-state index is -0.521. The average molecular weight is 243 g/mol. The highest BCUT2D eigenvalue weighted by Crippen LogP contribution is 2.10. The van der Waals surface area contributed by atoms with Gasteiger partial charge in [0, 0.05) is 6.20 Å². The minimum Gasteiger partial charge on any atom is -0.314 e. The fraction of sp³-hybridized carbons (Fsp3) is 0.0909. The van der Waals surface area contributed by atoms with Crippen molar-refractivity contribution in [1.82, 2.24) is 25.0 Å². The summed E-state index contributed by atoms with van der Waals surface area (Å²) >= 11 is 0. The van der Waals surface area contributed by atoms with Crippen LogP contribution in [0.2, 0.25) is 0 Å². The molecule has 0 aliphatic heterocycles. The Labute approximate surface area is 100 Å². The molecule has 90 valence electrons. The quantitative estimate of drug-likeness (QED) is 0.654. The standard InChI is InChI=1S/C11H9N5O2/c17-10-7(5-12-11(18)13-10)6-16-9-4-2-1-3-8(9)14-15-16/h1-5H,6H2,(H2,12,13,17,18). The van der Waals surface area contributed by atoms with Crippen molar-refractivity contribution in [3.05, 3.63) is 56.9 Å². The zero-order valence-corrected chi connectivity index (χ0v) is 9.25. The average Bonchev–Trinajstić information content (AvgIpc) is 2.76. The van der Waals surface area contributed by atoms with Gasteiger partial charge in [0.2, 0.25) is 0 Å². The Bertz CT molecular complexity index is 814. The number of rotatable bonds is 2. The van der Waals surface area contributed by atoms with E-state index in [0.29, 0.717) is 5.56 Å². The predicted molar refractivity (Wildman–Crippen MR) is 64.3 cm³/mol. The summed E-state index contributed by atoms with van der Waals surface area (Å²) in [6.45, 7) is 0.257. The van der Waals surface area contributed by atoms with Crippen LogP contribution in [0.25, 0.3) is 11.0 Å². The second-order valence-electron chi connectivity index (χ2n) is 3.83.